The number of rotatable bonds is 0. The molecular weight excluding hydrogens is 1030 g/mol. The fraction of sp³-hybridized carbons (Fsp3) is 0.309. The van der Waals surface area contributed by atoms with Gasteiger partial charge in [0.2, 0.25) is 0 Å². The van der Waals surface area contributed by atoms with E-state index in [-0.39, 0.29) is 7.43 Å². The number of para-hydroxylation sites is 2. The van der Waals surface area contributed by atoms with Gasteiger partial charge in [0.25, 0.3) is 0 Å². The summed E-state index contributed by atoms with van der Waals surface area (Å²) in [5, 5.41) is 12.5. The molecule has 8 aromatic carbocycles. The fourth-order valence-corrected chi connectivity index (χ4v) is 6.35. The van der Waals surface area contributed by atoms with Crippen LogP contribution in [0, 0.1) is 0 Å². The summed E-state index contributed by atoms with van der Waals surface area (Å²) in [5.74, 6) is 0. The summed E-state index contributed by atoms with van der Waals surface area (Å²) in [6.45, 7) is 48.0. The van der Waals surface area contributed by atoms with Crippen LogP contribution < -0.4 is 0 Å². The van der Waals surface area contributed by atoms with Crippen LogP contribution >= 0.6 is 0 Å². The molecule has 0 amide bonds. The van der Waals surface area contributed by atoms with Crippen LogP contribution in [0.1, 0.15) is 174 Å². The summed E-state index contributed by atoms with van der Waals surface area (Å²) in [7, 11) is 0. The van der Waals surface area contributed by atoms with Gasteiger partial charge in [0, 0.05) is 48.0 Å². The molecule has 0 unspecified atom stereocenters. The molecule has 464 valence electrons. The molecule has 4 heterocycles. The molecule has 4 heteroatoms. The number of fused-ring (bicyclic) bond motifs is 6. The number of hydrogen-bond donors (Lipinski definition) is 0. The molecule has 0 saturated heterocycles. The summed E-state index contributed by atoms with van der Waals surface area (Å²) >= 11 is 0. The highest BCUT2D eigenvalue weighted by molar-refractivity contribution is 5.84. The van der Waals surface area contributed by atoms with Gasteiger partial charge in [-0.15, -0.1) is 0 Å². The van der Waals surface area contributed by atoms with Crippen LogP contribution in [0.15, 0.2) is 268 Å². The SMILES string of the molecule is C.CC.CC.CC.CC.CC.CC.CC.CC.CC.CC.CC.CC.c1ccc2ccccc2c1.c1ccc2ccccc2c1.c1ccc2cnccc2c1.c1ccc2cnccc2c1.c1ccc2ncccc2c1.c1ccc2ncccc2c1. The summed E-state index contributed by atoms with van der Waals surface area (Å²) < 4.78 is 0. The second-order valence-corrected chi connectivity index (χ2v) is 13.5. The Hall–Kier alpha value is -8.08. The van der Waals surface area contributed by atoms with Gasteiger partial charge >= 0.3 is 0 Å². The van der Waals surface area contributed by atoms with Crippen molar-refractivity contribution in [2.24, 2.45) is 0 Å². The Morgan fingerprint density at radius 1 is 0.165 bits per heavy atom. The first-order valence-corrected chi connectivity index (χ1v) is 31.8. The normalized spacial score (nSPS) is 7.91. The van der Waals surface area contributed by atoms with Crippen molar-refractivity contribution in [1.29, 1.82) is 0 Å². The summed E-state index contributed by atoms with van der Waals surface area (Å²) in [5.41, 5.74) is 2.12. The summed E-state index contributed by atoms with van der Waals surface area (Å²) in [6.07, 6.45) is 11.0. The minimum atomic E-state index is 0. The molecule has 0 aliphatic heterocycles. The molecule has 0 bridgehead atoms. The minimum Gasteiger partial charge on any atom is -0.264 e. The van der Waals surface area contributed by atoms with Gasteiger partial charge in [-0.3, -0.25) is 19.9 Å². The molecule has 12 rings (SSSR count). The largest absolute Gasteiger partial charge is 0.264 e. The zero-order chi connectivity index (χ0) is 64.9. The molecule has 0 spiro atoms. The third-order valence-corrected chi connectivity index (χ3v) is 9.44. The molecular formula is C81H120N4. The number of benzene rings is 8. The van der Waals surface area contributed by atoms with E-state index < -0.39 is 0 Å². The van der Waals surface area contributed by atoms with E-state index in [1.807, 2.05) is 288 Å². The van der Waals surface area contributed by atoms with Crippen molar-refractivity contribution in [2.75, 3.05) is 0 Å². The molecule has 0 saturated carbocycles. The Morgan fingerprint density at radius 2 is 0.329 bits per heavy atom. The summed E-state index contributed by atoms with van der Waals surface area (Å²) in [6, 6.07) is 78.0. The number of nitrogens with zero attached hydrogens (tertiary/aromatic N) is 4. The Morgan fingerprint density at radius 3 is 0.529 bits per heavy atom. The lowest BCUT2D eigenvalue weighted by molar-refractivity contribution is 1.36. The van der Waals surface area contributed by atoms with Crippen molar-refractivity contribution >= 4 is 64.9 Å². The number of pyridine rings is 4. The van der Waals surface area contributed by atoms with E-state index in [1.165, 1.54) is 53.9 Å². The van der Waals surface area contributed by atoms with Crippen molar-refractivity contribution in [1.82, 2.24) is 19.9 Å². The molecule has 0 N–H and O–H groups in total. The predicted octanol–water partition coefficient (Wildman–Crippen LogP) is 27.6. The lowest BCUT2D eigenvalue weighted by Gasteiger charge is -1.92. The Bertz CT molecular complexity index is 2200. The van der Waals surface area contributed by atoms with Crippen molar-refractivity contribution in [2.45, 2.75) is 174 Å². The molecule has 0 aliphatic rings. The monoisotopic (exact) mass is 1150 g/mol. The highest BCUT2D eigenvalue weighted by Crippen LogP contribution is 2.14. The molecule has 0 radical (unpaired) electrons. The quantitative estimate of drug-likeness (QED) is 0.152. The van der Waals surface area contributed by atoms with Crippen LogP contribution in [0.4, 0.5) is 0 Å². The zero-order valence-corrected chi connectivity index (χ0v) is 57.2. The Labute approximate surface area is 523 Å². The van der Waals surface area contributed by atoms with E-state index in [9.17, 15) is 0 Å². The topological polar surface area (TPSA) is 51.6 Å². The van der Waals surface area contributed by atoms with Crippen molar-refractivity contribution in [3.8, 4) is 0 Å². The first-order chi connectivity index (χ1) is 41.8. The molecule has 4 nitrogen and oxygen atoms in total. The van der Waals surface area contributed by atoms with Crippen LogP contribution in [0.25, 0.3) is 64.9 Å². The van der Waals surface area contributed by atoms with E-state index >= 15 is 0 Å². The van der Waals surface area contributed by atoms with Gasteiger partial charge in [0.15, 0.2) is 0 Å². The first kappa shape index (κ1) is 90.7. The second-order valence-electron chi connectivity index (χ2n) is 13.5. The average Bonchev–Trinajstić information content (AvgIpc) is 3.69. The highest BCUT2D eigenvalue weighted by Gasteiger charge is 1.90. The predicted molar refractivity (Wildman–Crippen MR) is 398 cm³/mol. The molecule has 0 atom stereocenters. The maximum Gasteiger partial charge on any atom is 0.0701 e. The lowest BCUT2D eigenvalue weighted by atomic mass is 10.1. The Balaban J connectivity index is -0.000000160. The van der Waals surface area contributed by atoms with Crippen LogP contribution in [0.2, 0.25) is 0 Å². The molecule has 85 heavy (non-hydrogen) atoms. The van der Waals surface area contributed by atoms with E-state index in [2.05, 4.69) is 166 Å². The second kappa shape index (κ2) is 73.9. The molecule has 12 aromatic rings. The number of hydrogen-bond acceptors (Lipinski definition) is 4. The lowest BCUT2D eigenvalue weighted by Crippen LogP contribution is -1.73. The van der Waals surface area contributed by atoms with Gasteiger partial charge in [-0.2, -0.15) is 0 Å². The van der Waals surface area contributed by atoms with Crippen LogP contribution in [-0.2, 0) is 0 Å². The maximum atomic E-state index is 4.18. The molecule has 0 aliphatic carbocycles. The Kier molecular flexibility index (Phi) is 78.9. The smallest absolute Gasteiger partial charge is 0.0701 e. The molecule has 4 aromatic heterocycles. The van der Waals surface area contributed by atoms with Crippen molar-refractivity contribution in [3.63, 3.8) is 0 Å². The van der Waals surface area contributed by atoms with Gasteiger partial charge in [0.1, 0.15) is 0 Å². The maximum absolute atomic E-state index is 4.18. The van der Waals surface area contributed by atoms with Gasteiger partial charge < -0.3 is 0 Å². The van der Waals surface area contributed by atoms with Crippen LogP contribution in [-0.4, -0.2) is 19.9 Å². The minimum absolute atomic E-state index is 0. The van der Waals surface area contributed by atoms with Crippen molar-refractivity contribution in [3.05, 3.63) is 268 Å². The van der Waals surface area contributed by atoms with E-state index in [0.717, 1.165) is 11.0 Å². The number of aromatic nitrogens is 4. The molecule has 0 fully saturated rings. The van der Waals surface area contributed by atoms with Gasteiger partial charge in [0.05, 0.1) is 11.0 Å². The van der Waals surface area contributed by atoms with Crippen LogP contribution in [0.3, 0.4) is 0 Å². The van der Waals surface area contributed by atoms with Crippen LogP contribution in [0.5, 0.6) is 0 Å². The standard InChI is InChI=1S/2C10H8.4C9H7N.12C2H6.CH4/c2*1-2-6-10-8-4-3-7-9(10)5-1;2*1-2-6-9-8(4-1)5-3-7-10-9;2*1-2-4-9-7-10-6-5-8(9)3-1;12*1-2;/h2*1-8H;4*1-7H;12*1-2H3;1H4. The zero-order valence-electron chi connectivity index (χ0n) is 57.2. The van der Waals surface area contributed by atoms with Gasteiger partial charge in [-0.25, -0.2) is 0 Å². The average molecular weight is 1150 g/mol. The third kappa shape index (κ3) is 41.6. The van der Waals surface area contributed by atoms with Gasteiger partial charge in [-0.1, -0.05) is 368 Å². The summed E-state index contributed by atoms with van der Waals surface area (Å²) in [4.78, 5) is 16.4. The fourth-order valence-electron chi connectivity index (χ4n) is 6.35. The van der Waals surface area contributed by atoms with Gasteiger partial charge in [-0.05, 0) is 79.5 Å². The highest BCUT2D eigenvalue weighted by atomic mass is 14.6. The first-order valence-electron chi connectivity index (χ1n) is 31.8. The third-order valence-electron chi connectivity index (χ3n) is 9.44. The van der Waals surface area contributed by atoms with E-state index in [4.69, 9.17) is 0 Å². The van der Waals surface area contributed by atoms with E-state index in [0.29, 0.717) is 0 Å². The van der Waals surface area contributed by atoms with E-state index in [1.54, 1.807) is 0 Å². The van der Waals surface area contributed by atoms with Crippen molar-refractivity contribution < 1.29 is 0 Å².